The zero-order valence-electron chi connectivity index (χ0n) is 13.1. The molecule has 0 radical (unpaired) electrons. The van der Waals surface area contributed by atoms with Crippen LogP contribution in [0.1, 0.15) is 20.8 Å². The molecule has 0 heterocycles. The fraction of sp³-hybridized carbons (Fsp3) is 0.278. The molecular formula is C18H21NO2S. The third-order valence-corrected chi connectivity index (χ3v) is 4.03. The number of benzene rings is 2. The lowest BCUT2D eigenvalue weighted by Crippen LogP contribution is -2.22. The summed E-state index contributed by atoms with van der Waals surface area (Å²) in [4.78, 5) is 13.3. The van der Waals surface area contributed by atoms with Crippen LogP contribution < -0.4 is 10.1 Å². The molecule has 116 valence electrons. The lowest BCUT2D eigenvalue weighted by Gasteiger charge is -2.13. The Balaban J connectivity index is 1.90. The van der Waals surface area contributed by atoms with Crippen LogP contribution in [0.3, 0.4) is 0 Å². The summed E-state index contributed by atoms with van der Waals surface area (Å²) in [5, 5.41) is 2.77. The Morgan fingerprint density at radius 2 is 1.64 bits per heavy atom. The van der Waals surface area contributed by atoms with Crippen LogP contribution in [0.15, 0.2) is 59.5 Å². The van der Waals surface area contributed by atoms with E-state index in [1.165, 1.54) is 0 Å². The first kappa shape index (κ1) is 16.4. The maximum atomic E-state index is 12.2. The molecular weight excluding hydrogens is 294 g/mol. The lowest BCUT2D eigenvalue weighted by atomic mass is 10.3. The molecule has 0 aliphatic carbocycles. The number of hydrogen-bond acceptors (Lipinski definition) is 3. The fourth-order valence-electron chi connectivity index (χ4n) is 1.89. The summed E-state index contributed by atoms with van der Waals surface area (Å²) in [6, 6.07) is 17.4. The minimum absolute atomic E-state index is 0.00798. The van der Waals surface area contributed by atoms with Gasteiger partial charge in [-0.1, -0.05) is 18.2 Å². The van der Waals surface area contributed by atoms with E-state index in [0.717, 1.165) is 16.3 Å². The van der Waals surface area contributed by atoms with Crippen LogP contribution in [0.2, 0.25) is 0 Å². The molecule has 2 aromatic carbocycles. The van der Waals surface area contributed by atoms with Crippen molar-refractivity contribution in [2.24, 2.45) is 0 Å². The van der Waals surface area contributed by atoms with Crippen molar-refractivity contribution in [2.75, 3.05) is 5.32 Å². The molecule has 0 unspecified atom stereocenters. The Morgan fingerprint density at radius 3 is 2.23 bits per heavy atom. The Morgan fingerprint density at radius 1 is 1.00 bits per heavy atom. The molecule has 0 saturated heterocycles. The molecule has 3 nitrogen and oxygen atoms in total. The average Bonchev–Trinajstić information content (AvgIpc) is 2.49. The van der Waals surface area contributed by atoms with Gasteiger partial charge < -0.3 is 10.1 Å². The predicted molar refractivity (Wildman–Crippen MR) is 92.6 cm³/mol. The molecule has 0 spiro atoms. The zero-order chi connectivity index (χ0) is 15.9. The summed E-state index contributed by atoms with van der Waals surface area (Å²) >= 11 is 1.55. The van der Waals surface area contributed by atoms with Crippen LogP contribution in [0.25, 0.3) is 0 Å². The number of carbonyl (C=O) groups excluding carboxylic acids is 1. The van der Waals surface area contributed by atoms with Gasteiger partial charge in [0.15, 0.2) is 0 Å². The quantitative estimate of drug-likeness (QED) is 0.792. The van der Waals surface area contributed by atoms with Crippen molar-refractivity contribution < 1.29 is 9.53 Å². The van der Waals surface area contributed by atoms with Gasteiger partial charge in [0.05, 0.1) is 11.4 Å². The van der Waals surface area contributed by atoms with Crippen molar-refractivity contribution in [3.05, 3.63) is 54.6 Å². The molecule has 0 bridgehead atoms. The minimum atomic E-state index is -0.158. The van der Waals surface area contributed by atoms with Crippen molar-refractivity contribution in [1.29, 1.82) is 0 Å². The number of anilines is 1. The summed E-state index contributed by atoms with van der Waals surface area (Å²) in [7, 11) is 0. The van der Waals surface area contributed by atoms with Gasteiger partial charge in [-0.2, -0.15) is 0 Å². The van der Waals surface area contributed by atoms with Crippen molar-refractivity contribution in [3.8, 4) is 5.75 Å². The van der Waals surface area contributed by atoms with E-state index in [0.29, 0.717) is 0 Å². The number of amides is 1. The molecule has 0 aliphatic heterocycles. The van der Waals surface area contributed by atoms with Gasteiger partial charge in [0.25, 0.3) is 0 Å². The number of carbonyl (C=O) groups is 1. The Kier molecular flexibility index (Phi) is 5.90. The molecule has 1 atom stereocenters. The highest BCUT2D eigenvalue weighted by Gasteiger charge is 2.14. The molecule has 0 aromatic heterocycles. The van der Waals surface area contributed by atoms with Gasteiger partial charge in [-0.3, -0.25) is 4.79 Å². The fourth-order valence-corrected chi connectivity index (χ4v) is 2.78. The SMILES string of the molecule is CC(C)Oc1ccc(NC(=O)[C@H](C)Sc2ccccc2)cc1. The van der Waals surface area contributed by atoms with Crippen molar-refractivity contribution in [2.45, 2.75) is 37.0 Å². The second-order valence-electron chi connectivity index (χ2n) is 5.25. The number of hydrogen-bond donors (Lipinski definition) is 1. The van der Waals surface area contributed by atoms with E-state index >= 15 is 0 Å². The minimum Gasteiger partial charge on any atom is -0.491 e. The summed E-state index contributed by atoms with van der Waals surface area (Å²) in [6.07, 6.45) is 0.141. The summed E-state index contributed by atoms with van der Waals surface area (Å²) in [5.74, 6) is 0.797. The Hall–Kier alpha value is -1.94. The highest BCUT2D eigenvalue weighted by Crippen LogP contribution is 2.24. The van der Waals surface area contributed by atoms with E-state index in [-0.39, 0.29) is 17.3 Å². The standard InChI is InChI=1S/C18H21NO2S/c1-13(2)21-16-11-9-15(10-12-16)19-18(20)14(3)22-17-7-5-4-6-8-17/h4-14H,1-3H3,(H,19,20)/t14-/m0/s1. The van der Waals surface area contributed by atoms with Gasteiger partial charge in [0, 0.05) is 10.6 Å². The van der Waals surface area contributed by atoms with Gasteiger partial charge in [-0.25, -0.2) is 0 Å². The van der Waals surface area contributed by atoms with E-state index in [2.05, 4.69) is 5.32 Å². The van der Waals surface area contributed by atoms with Crippen LogP contribution in [-0.4, -0.2) is 17.3 Å². The smallest absolute Gasteiger partial charge is 0.237 e. The van der Waals surface area contributed by atoms with Gasteiger partial charge in [-0.05, 0) is 57.2 Å². The molecule has 2 rings (SSSR count). The van der Waals surface area contributed by atoms with Crippen LogP contribution in [0, 0.1) is 0 Å². The maximum Gasteiger partial charge on any atom is 0.237 e. The van der Waals surface area contributed by atoms with Gasteiger partial charge in [-0.15, -0.1) is 11.8 Å². The summed E-state index contributed by atoms with van der Waals surface area (Å²) in [5.41, 5.74) is 0.779. The predicted octanol–water partition coefficient (Wildman–Crippen LogP) is 4.59. The second-order valence-corrected chi connectivity index (χ2v) is 6.67. The van der Waals surface area contributed by atoms with Crippen molar-refractivity contribution in [3.63, 3.8) is 0 Å². The Bertz CT molecular complexity index is 596. The molecule has 22 heavy (non-hydrogen) atoms. The van der Waals surface area contributed by atoms with Crippen LogP contribution >= 0.6 is 11.8 Å². The van der Waals surface area contributed by atoms with Gasteiger partial charge in [0.2, 0.25) is 5.91 Å². The Labute approximate surface area is 136 Å². The van der Waals surface area contributed by atoms with E-state index in [9.17, 15) is 4.79 Å². The normalized spacial score (nSPS) is 12.0. The molecule has 1 amide bonds. The molecule has 1 N–H and O–H groups in total. The number of rotatable bonds is 6. The molecule has 0 fully saturated rings. The molecule has 2 aromatic rings. The van der Waals surface area contributed by atoms with E-state index in [1.54, 1.807) is 11.8 Å². The number of nitrogens with one attached hydrogen (secondary N) is 1. The number of thioether (sulfide) groups is 1. The molecule has 0 saturated carbocycles. The average molecular weight is 315 g/mol. The monoisotopic (exact) mass is 315 g/mol. The maximum absolute atomic E-state index is 12.2. The van der Waals surface area contributed by atoms with Crippen molar-refractivity contribution >= 4 is 23.4 Å². The van der Waals surface area contributed by atoms with Crippen LogP contribution in [0.5, 0.6) is 5.75 Å². The first-order chi connectivity index (χ1) is 10.5. The van der Waals surface area contributed by atoms with E-state index in [4.69, 9.17) is 4.74 Å². The summed E-state index contributed by atoms with van der Waals surface area (Å²) in [6.45, 7) is 5.87. The van der Waals surface area contributed by atoms with Gasteiger partial charge >= 0.3 is 0 Å². The third-order valence-electron chi connectivity index (χ3n) is 2.92. The molecule has 0 aliphatic rings. The largest absolute Gasteiger partial charge is 0.491 e. The van der Waals surface area contributed by atoms with E-state index in [1.807, 2.05) is 75.4 Å². The zero-order valence-corrected chi connectivity index (χ0v) is 13.9. The first-order valence-electron chi connectivity index (χ1n) is 7.34. The summed E-state index contributed by atoms with van der Waals surface area (Å²) < 4.78 is 5.58. The van der Waals surface area contributed by atoms with E-state index < -0.39 is 0 Å². The first-order valence-corrected chi connectivity index (χ1v) is 8.22. The number of ether oxygens (including phenoxy) is 1. The van der Waals surface area contributed by atoms with Gasteiger partial charge in [0.1, 0.15) is 5.75 Å². The second kappa shape index (κ2) is 7.90. The third kappa shape index (κ3) is 5.11. The highest BCUT2D eigenvalue weighted by molar-refractivity contribution is 8.00. The van der Waals surface area contributed by atoms with Crippen molar-refractivity contribution in [1.82, 2.24) is 0 Å². The van der Waals surface area contributed by atoms with Crippen LogP contribution in [-0.2, 0) is 4.79 Å². The molecule has 4 heteroatoms. The topological polar surface area (TPSA) is 38.3 Å². The lowest BCUT2D eigenvalue weighted by molar-refractivity contribution is -0.115. The highest BCUT2D eigenvalue weighted by atomic mass is 32.2. The van der Waals surface area contributed by atoms with Crippen LogP contribution in [0.4, 0.5) is 5.69 Å².